The lowest BCUT2D eigenvalue weighted by Gasteiger charge is -2.09. The van der Waals surface area contributed by atoms with Crippen LogP contribution in [0.2, 0.25) is 0 Å². The Kier molecular flexibility index (Phi) is 5.74. The molecule has 7 heteroatoms. The number of carbonyl (C=O) groups excluding carboxylic acids is 3. The van der Waals surface area contributed by atoms with Crippen molar-refractivity contribution in [2.45, 2.75) is 13.8 Å². The smallest absolute Gasteiger partial charge is 0.349 e. The monoisotopic (exact) mass is 298 g/mol. The molecule has 0 saturated heterocycles. The second-order valence-corrected chi connectivity index (χ2v) is 3.78. The first-order chi connectivity index (χ1) is 9.42. The van der Waals surface area contributed by atoms with Gasteiger partial charge < -0.3 is 13.8 Å². The Morgan fingerprint density at radius 3 is 2.20 bits per heavy atom. The van der Waals surface area contributed by atoms with E-state index in [1.165, 1.54) is 32.1 Å². The normalized spacial score (nSPS) is 10.2. The lowest BCUT2D eigenvalue weighted by molar-refractivity contribution is -0.134. The van der Waals surface area contributed by atoms with Gasteiger partial charge in [0.2, 0.25) is 0 Å². The van der Waals surface area contributed by atoms with Gasteiger partial charge in [0.25, 0.3) is 0 Å². The van der Waals surface area contributed by atoms with Crippen LogP contribution in [0.5, 0.6) is 11.5 Å². The van der Waals surface area contributed by atoms with Gasteiger partial charge in [-0.25, -0.2) is 4.79 Å². The van der Waals surface area contributed by atoms with Gasteiger partial charge in [0.1, 0.15) is 11.9 Å². The fourth-order valence-electron chi connectivity index (χ4n) is 1.29. The first-order valence-electron chi connectivity index (χ1n) is 5.44. The summed E-state index contributed by atoms with van der Waals surface area (Å²) in [6.07, 6.45) is 2.49. The highest BCUT2D eigenvalue weighted by Crippen LogP contribution is 2.29. The maximum Gasteiger partial charge on any atom is 0.349 e. The summed E-state index contributed by atoms with van der Waals surface area (Å²) in [6.45, 7) is 2.44. The summed E-state index contributed by atoms with van der Waals surface area (Å²) >= 11 is 4.87. The van der Waals surface area contributed by atoms with Crippen molar-refractivity contribution in [1.82, 2.24) is 0 Å². The zero-order chi connectivity index (χ0) is 15.1. The molecule has 0 atom stereocenters. The van der Waals surface area contributed by atoms with Crippen LogP contribution in [0.15, 0.2) is 24.3 Å². The number of hydrogen-bond acceptors (Lipinski definition) is 6. The number of carbonyl (C=O) groups is 3. The third kappa shape index (κ3) is 5.11. The highest BCUT2D eigenvalue weighted by Gasteiger charge is 2.10. The Morgan fingerprint density at radius 2 is 1.65 bits per heavy atom. The molecule has 0 heterocycles. The van der Waals surface area contributed by atoms with E-state index >= 15 is 0 Å². The third-order valence-electron chi connectivity index (χ3n) is 1.96. The maximum atomic E-state index is 11.0. The third-order valence-corrected chi connectivity index (χ3v) is 2.12. The molecule has 0 fully saturated rings. The summed E-state index contributed by atoms with van der Waals surface area (Å²) in [5.74, 6) is -1.70. The number of rotatable bonds is 4. The van der Waals surface area contributed by atoms with Gasteiger partial charge in [-0.2, -0.15) is 0 Å². The lowest BCUT2D eigenvalue weighted by Crippen LogP contribution is -2.07. The highest BCUT2D eigenvalue weighted by molar-refractivity contribution is 6.15. The summed E-state index contributed by atoms with van der Waals surface area (Å²) in [6, 6.07) is 4.42. The van der Waals surface area contributed by atoms with Crippen LogP contribution in [0.1, 0.15) is 19.4 Å². The summed E-state index contributed by atoms with van der Waals surface area (Å²) in [5, 5.41) is 0. The molecule has 0 aliphatic carbocycles. The van der Waals surface area contributed by atoms with E-state index < -0.39 is 17.9 Å². The molecule has 20 heavy (non-hydrogen) atoms. The molecule has 1 rings (SSSR count). The molecule has 106 valence electrons. The molecule has 1 aromatic carbocycles. The van der Waals surface area contributed by atoms with Crippen molar-refractivity contribution < 1.29 is 28.1 Å². The Morgan fingerprint density at radius 1 is 1.05 bits per heavy atom. The van der Waals surface area contributed by atoms with Crippen LogP contribution in [0.3, 0.4) is 0 Å². The van der Waals surface area contributed by atoms with E-state index in [0.29, 0.717) is 5.56 Å². The van der Waals surface area contributed by atoms with Crippen molar-refractivity contribution in [3.63, 3.8) is 0 Å². The van der Waals surface area contributed by atoms with Gasteiger partial charge in [0.05, 0.1) is 0 Å². The Labute approximate surface area is 120 Å². The van der Waals surface area contributed by atoms with E-state index in [2.05, 4.69) is 4.29 Å². The Bertz CT molecular complexity index is 564. The van der Waals surface area contributed by atoms with Gasteiger partial charge in [0, 0.05) is 19.9 Å². The summed E-state index contributed by atoms with van der Waals surface area (Å²) in [5.41, 5.74) is 0.527. The average Bonchev–Trinajstić information content (AvgIpc) is 2.37. The van der Waals surface area contributed by atoms with E-state index in [1.54, 1.807) is 6.07 Å². The molecule has 0 aliphatic rings. The number of esters is 2. The molecule has 6 nitrogen and oxygen atoms in total. The number of hydrogen-bond donors (Lipinski definition) is 0. The quantitative estimate of drug-likeness (QED) is 0.482. The van der Waals surface area contributed by atoms with Crippen LogP contribution in [-0.4, -0.2) is 17.9 Å². The zero-order valence-corrected chi connectivity index (χ0v) is 11.5. The van der Waals surface area contributed by atoms with Crippen LogP contribution < -0.4 is 9.47 Å². The van der Waals surface area contributed by atoms with Crippen molar-refractivity contribution in [3.05, 3.63) is 29.8 Å². The van der Waals surface area contributed by atoms with Gasteiger partial charge in [-0.15, -0.1) is 0 Å². The first kappa shape index (κ1) is 15.7. The van der Waals surface area contributed by atoms with E-state index in [9.17, 15) is 14.4 Å². The van der Waals surface area contributed by atoms with Crippen molar-refractivity contribution in [2.75, 3.05) is 0 Å². The van der Waals surface area contributed by atoms with Crippen molar-refractivity contribution in [2.24, 2.45) is 0 Å². The summed E-state index contributed by atoms with van der Waals surface area (Å²) < 4.78 is 13.8. The first-order valence-corrected chi connectivity index (χ1v) is 5.74. The van der Waals surface area contributed by atoms with Gasteiger partial charge in [0.15, 0.2) is 11.5 Å². The number of benzene rings is 1. The number of ether oxygens (including phenoxy) is 2. The SMILES string of the molecule is CC(=O)Oc1ccc(/C=C/C(=O)OCl)cc1OC(C)=O. The standard InChI is InChI=1S/C13H11ClO6/c1-8(15)18-11-5-3-10(4-6-13(17)20-14)7-12(11)19-9(2)16/h3-7H,1-2H3/b6-4+. The van der Waals surface area contributed by atoms with Crippen molar-refractivity contribution >= 4 is 35.8 Å². The van der Waals surface area contributed by atoms with E-state index in [-0.39, 0.29) is 11.5 Å². The number of halogens is 1. The van der Waals surface area contributed by atoms with Gasteiger partial charge in [-0.05, 0) is 23.8 Å². The molecule has 0 amide bonds. The lowest BCUT2D eigenvalue weighted by atomic mass is 10.2. The average molecular weight is 299 g/mol. The second-order valence-electron chi connectivity index (χ2n) is 3.62. The van der Waals surface area contributed by atoms with Crippen LogP contribution in [0.25, 0.3) is 6.08 Å². The van der Waals surface area contributed by atoms with E-state index in [1.807, 2.05) is 0 Å². The largest absolute Gasteiger partial charge is 0.423 e. The Hall–Kier alpha value is -2.34. The summed E-state index contributed by atoms with van der Waals surface area (Å²) in [7, 11) is 0. The van der Waals surface area contributed by atoms with E-state index in [4.69, 9.17) is 21.3 Å². The molecular formula is C13H11ClO6. The molecule has 0 unspecified atom stereocenters. The molecule has 0 aromatic heterocycles. The molecular weight excluding hydrogens is 288 g/mol. The van der Waals surface area contributed by atoms with Crippen molar-refractivity contribution in [3.8, 4) is 11.5 Å². The minimum atomic E-state index is -0.746. The topological polar surface area (TPSA) is 78.9 Å². The predicted octanol–water partition coefficient (Wildman–Crippen LogP) is 2.25. The molecule has 1 aromatic rings. The molecule has 0 N–H and O–H groups in total. The molecule has 0 spiro atoms. The van der Waals surface area contributed by atoms with Crippen LogP contribution in [-0.2, 0) is 18.7 Å². The van der Waals surface area contributed by atoms with Crippen LogP contribution >= 0.6 is 11.9 Å². The minimum absolute atomic E-state index is 0.0640. The fourth-order valence-corrected chi connectivity index (χ4v) is 1.34. The van der Waals surface area contributed by atoms with Crippen molar-refractivity contribution in [1.29, 1.82) is 0 Å². The predicted molar refractivity (Wildman–Crippen MR) is 70.0 cm³/mol. The van der Waals surface area contributed by atoms with Gasteiger partial charge in [-0.3, -0.25) is 9.59 Å². The maximum absolute atomic E-state index is 11.0. The second kappa shape index (κ2) is 7.30. The summed E-state index contributed by atoms with van der Waals surface area (Å²) in [4.78, 5) is 32.8. The van der Waals surface area contributed by atoms with E-state index in [0.717, 1.165) is 6.08 Å². The Balaban J connectivity index is 3.06. The van der Waals surface area contributed by atoms with Gasteiger partial charge >= 0.3 is 17.9 Å². The van der Waals surface area contributed by atoms with Gasteiger partial charge in [-0.1, -0.05) is 6.07 Å². The van der Waals surface area contributed by atoms with Crippen LogP contribution in [0, 0.1) is 0 Å². The zero-order valence-electron chi connectivity index (χ0n) is 10.7. The molecule has 0 radical (unpaired) electrons. The highest BCUT2D eigenvalue weighted by atomic mass is 35.5. The molecule has 0 bridgehead atoms. The fraction of sp³-hybridized carbons (Fsp3) is 0.154. The molecule has 0 saturated carbocycles. The van der Waals surface area contributed by atoms with Crippen LogP contribution in [0.4, 0.5) is 0 Å². The molecule has 0 aliphatic heterocycles. The minimum Gasteiger partial charge on any atom is -0.423 e.